The Morgan fingerprint density at radius 3 is 2.44 bits per heavy atom. The predicted octanol–water partition coefficient (Wildman–Crippen LogP) is 2.16. The molecule has 0 aliphatic carbocycles. The van der Waals surface area contributed by atoms with Gasteiger partial charge in [0.25, 0.3) is 5.91 Å². The number of sulfonamides is 1. The molecule has 0 aromatic heterocycles. The zero-order valence-corrected chi connectivity index (χ0v) is 15.0. The van der Waals surface area contributed by atoms with Gasteiger partial charge in [-0.15, -0.1) is 0 Å². The molecule has 2 aromatic rings. The van der Waals surface area contributed by atoms with Crippen LogP contribution in [0, 0.1) is 0 Å². The lowest BCUT2D eigenvalue weighted by Gasteiger charge is -2.10. The molecule has 0 saturated carbocycles. The minimum atomic E-state index is -3.71. The minimum absolute atomic E-state index is 0.0395. The summed E-state index contributed by atoms with van der Waals surface area (Å²) in [5.41, 5.74) is 2.17. The quantitative estimate of drug-likeness (QED) is 0.703. The van der Waals surface area contributed by atoms with E-state index in [1.807, 2.05) is 25.1 Å². The summed E-state index contributed by atoms with van der Waals surface area (Å²) in [5, 5.41) is 12.0. The molecular weight excluding hydrogens is 340 g/mol. The van der Waals surface area contributed by atoms with Gasteiger partial charge in [-0.3, -0.25) is 4.79 Å². The van der Waals surface area contributed by atoms with Gasteiger partial charge < -0.3 is 10.4 Å². The average molecular weight is 362 g/mol. The topological polar surface area (TPSA) is 95.5 Å². The number of aliphatic hydroxyl groups is 1. The van der Waals surface area contributed by atoms with Crippen LogP contribution in [0.1, 0.15) is 29.8 Å². The standard InChI is InChI=1S/C18H22N2O4S/c1-3-14-5-4-6-16(11-14)20-18(22)15-7-9-17(10-8-15)25(23,24)19-12-13(2)21/h4-11,13,19,21H,3,12H2,1-2H3,(H,20,22). The Bertz CT molecular complexity index is 830. The van der Waals surface area contributed by atoms with Gasteiger partial charge >= 0.3 is 0 Å². The smallest absolute Gasteiger partial charge is 0.255 e. The largest absolute Gasteiger partial charge is 0.392 e. The van der Waals surface area contributed by atoms with Crippen molar-refractivity contribution in [3.63, 3.8) is 0 Å². The summed E-state index contributed by atoms with van der Waals surface area (Å²) in [6.45, 7) is 3.45. The van der Waals surface area contributed by atoms with E-state index >= 15 is 0 Å². The Balaban J connectivity index is 2.09. The molecule has 2 aromatic carbocycles. The van der Waals surface area contributed by atoms with E-state index in [2.05, 4.69) is 10.0 Å². The molecule has 0 aliphatic heterocycles. The average Bonchev–Trinajstić information content (AvgIpc) is 2.60. The van der Waals surface area contributed by atoms with Crippen molar-refractivity contribution in [1.82, 2.24) is 4.72 Å². The Kier molecular flexibility index (Phi) is 6.30. The summed E-state index contributed by atoms with van der Waals surface area (Å²) in [6, 6.07) is 13.2. The number of amides is 1. The number of benzene rings is 2. The molecule has 7 heteroatoms. The molecule has 1 amide bonds. The van der Waals surface area contributed by atoms with Crippen LogP contribution in [-0.2, 0) is 16.4 Å². The van der Waals surface area contributed by atoms with Crippen LogP contribution in [0.2, 0.25) is 0 Å². The predicted molar refractivity (Wildman–Crippen MR) is 97.1 cm³/mol. The highest BCUT2D eigenvalue weighted by Gasteiger charge is 2.15. The third-order valence-corrected chi connectivity index (χ3v) is 5.03. The first kappa shape index (κ1) is 19.1. The first-order chi connectivity index (χ1) is 11.8. The third-order valence-electron chi connectivity index (χ3n) is 3.59. The number of carbonyl (C=O) groups excluding carboxylic acids is 1. The Morgan fingerprint density at radius 2 is 1.84 bits per heavy atom. The van der Waals surface area contributed by atoms with Gasteiger partial charge in [-0.2, -0.15) is 0 Å². The summed E-state index contributed by atoms with van der Waals surface area (Å²) < 4.78 is 26.4. The SMILES string of the molecule is CCc1cccc(NC(=O)c2ccc(S(=O)(=O)NCC(C)O)cc2)c1. The first-order valence-electron chi connectivity index (χ1n) is 8.00. The number of hydrogen-bond acceptors (Lipinski definition) is 4. The van der Waals surface area contributed by atoms with Crippen LogP contribution in [0.3, 0.4) is 0 Å². The van der Waals surface area contributed by atoms with Crippen molar-refractivity contribution in [2.24, 2.45) is 0 Å². The van der Waals surface area contributed by atoms with E-state index in [1.165, 1.54) is 31.2 Å². The summed E-state index contributed by atoms with van der Waals surface area (Å²) in [5.74, 6) is -0.311. The van der Waals surface area contributed by atoms with E-state index in [9.17, 15) is 18.3 Å². The molecule has 6 nitrogen and oxygen atoms in total. The summed E-state index contributed by atoms with van der Waals surface area (Å²) in [4.78, 5) is 12.3. The molecule has 0 aliphatic rings. The van der Waals surface area contributed by atoms with Crippen LogP contribution >= 0.6 is 0 Å². The first-order valence-corrected chi connectivity index (χ1v) is 9.48. The molecule has 0 spiro atoms. The Hall–Kier alpha value is -2.22. The zero-order chi connectivity index (χ0) is 18.4. The van der Waals surface area contributed by atoms with Crippen molar-refractivity contribution in [1.29, 1.82) is 0 Å². The summed E-state index contributed by atoms with van der Waals surface area (Å²) in [7, 11) is -3.71. The number of rotatable bonds is 7. The van der Waals surface area contributed by atoms with E-state index in [0.717, 1.165) is 12.0 Å². The van der Waals surface area contributed by atoms with Crippen molar-refractivity contribution in [2.45, 2.75) is 31.3 Å². The molecule has 134 valence electrons. The van der Waals surface area contributed by atoms with E-state index in [1.54, 1.807) is 6.07 Å². The maximum Gasteiger partial charge on any atom is 0.255 e. The number of hydrogen-bond donors (Lipinski definition) is 3. The van der Waals surface area contributed by atoms with Gasteiger partial charge in [0.1, 0.15) is 0 Å². The second kappa shape index (κ2) is 8.24. The maximum absolute atomic E-state index is 12.3. The van der Waals surface area contributed by atoms with Gasteiger partial charge in [0.15, 0.2) is 0 Å². The number of aryl methyl sites for hydroxylation is 1. The van der Waals surface area contributed by atoms with E-state index in [-0.39, 0.29) is 17.3 Å². The zero-order valence-electron chi connectivity index (χ0n) is 14.2. The lowest BCUT2D eigenvalue weighted by atomic mass is 10.1. The van der Waals surface area contributed by atoms with Crippen molar-refractivity contribution in [3.05, 3.63) is 59.7 Å². The molecule has 0 saturated heterocycles. The van der Waals surface area contributed by atoms with Crippen LogP contribution in [0.25, 0.3) is 0 Å². The molecule has 0 fully saturated rings. The summed E-state index contributed by atoms with van der Waals surface area (Å²) >= 11 is 0. The highest BCUT2D eigenvalue weighted by atomic mass is 32.2. The molecule has 2 rings (SSSR count). The van der Waals surface area contributed by atoms with E-state index < -0.39 is 16.1 Å². The fourth-order valence-electron chi connectivity index (χ4n) is 2.17. The number of aliphatic hydroxyl groups excluding tert-OH is 1. The molecule has 25 heavy (non-hydrogen) atoms. The highest BCUT2D eigenvalue weighted by molar-refractivity contribution is 7.89. The lowest BCUT2D eigenvalue weighted by Crippen LogP contribution is -2.30. The monoisotopic (exact) mass is 362 g/mol. The van der Waals surface area contributed by atoms with Crippen molar-refractivity contribution < 1.29 is 18.3 Å². The maximum atomic E-state index is 12.3. The highest BCUT2D eigenvalue weighted by Crippen LogP contribution is 2.15. The third kappa shape index (κ3) is 5.38. The normalized spacial score (nSPS) is 12.6. The van der Waals surface area contributed by atoms with Gasteiger partial charge in [-0.1, -0.05) is 19.1 Å². The molecule has 0 heterocycles. The molecule has 0 bridgehead atoms. The fourth-order valence-corrected chi connectivity index (χ4v) is 3.29. The van der Waals surface area contributed by atoms with Crippen LogP contribution in [0.4, 0.5) is 5.69 Å². The van der Waals surface area contributed by atoms with Crippen molar-refractivity contribution >= 4 is 21.6 Å². The van der Waals surface area contributed by atoms with Crippen LogP contribution in [0.5, 0.6) is 0 Å². The van der Waals surface area contributed by atoms with Gasteiger partial charge in [0, 0.05) is 17.8 Å². The van der Waals surface area contributed by atoms with Gasteiger partial charge in [-0.25, -0.2) is 13.1 Å². The van der Waals surface area contributed by atoms with Crippen LogP contribution < -0.4 is 10.0 Å². The number of carbonyl (C=O) groups is 1. The molecule has 3 N–H and O–H groups in total. The Morgan fingerprint density at radius 1 is 1.16 bits per heavy atom. The number of anilines is 1. The second-order valence-electron chi connectivity index (χ2n) is 5.73. The lowest BCUT2D eigenvalue weighted by molar-refractivity contribution is 0.102. The molecule has 1 unspecified atom stereocenters. The number of nitrogens with one attached hydrogen (secondary N) is 2. The summed E-state index contributed by atoms with van der Waals surface area (Å²) in [6.07, 6.45) is 0.0918. The van der Waals surface area contributed by atoms with E-state index in [4.69, 9.17) is 0 Å². The van der Waals surface area contributed by atoms with Crippen molar-refractivity contribution in [3.8, 4) is 0 Å². The van der Waals surface area contributed by atoms with Crippen LogP contribution in [-0.4, -0.2) is 32.1 Å². The van der Waals surface area contributed by atoms with Crippen LogP contribution in [0.15, 0.2) is 53.4 Å². The fraction of sp³-hybridized carbons (Fsp3) is 0.278. The minimum Gasteiger partial charge on any atom is -0.392 e. The Labute approximate surface area is 147 Å². The molecule has 0 radical (unpaired) electrons. The van der Waals surface area contributed by atoms with Gasteiger partial charge in [-0.05, 0) is 55.3 Å². The van der Waals surface area contributed by atoms with Gasteiger partial charge in [0.2, 0.25) is 10.0 Å². The van der Waals surface area contributed by atoms with Crippen molar-refractivity contribution in [2.75, 3.05) is 11.9 Å². The second-order valence-corrected chi connectivity index (χ2v) is 7.50. The van der Waals surface area contributed by atoms with Gasteiger partial charge in [0.05, 0.1) is 11.0 Å². The molecular formula is C18H22N2O4S. The molecule has 1 atom stereocenters. The van der Waals surface area contributed by atoms with E-state index in [0.29, 0.717) is 11.3 Å².